The van der Waals surface area contributed by atoms with E-state index in [9.17, 15) is 19.5 Å². The highest BCUT2D eigenvalue weighted by Crippen LogP contribution is 2.47. The third kappa shape index (κ3) is 4.36. The average molecular weight is 551 g/mol. The number of β-lactam (4-membered cyclic amide) rings is 1. The summed E-state index contributed by atoms with van der Waals surface area (Å²) < 4.78 is 6.94. The van der Waals surface area contributed by atoms with E-state index in [0.29, 0.717) is 22.3 Å². The molecule has 0 aliphatic carbocycles. The van der Waals surface area contributed by atoms with Crippen LogP contribution in [0.3, 0.4) is 0 Å². The lowest BCUT2D eigenvalue weighted by molar-refractivity contribution is -0.192. The van der Waals surface area contributed by atoms with Crippen LogP contribution in [-0.2, 0) is 32.1 Å². The van der Waals surface area contributed by atoms with E-state index in [4.69, 9.17) is 4.74 Å². The first-order chi connectivity index (χ1) is 17.4. The molecule has 0 bridgehead atoms. The summed E-state index contributed by atoms with van der Waals surface area (Å²) in [5.41, 5.74) is -1.24. The van der Waals surface area contributed by atoms with Crippen molar-refractivity contribution in [3.05, 3.63) is 39.5 Å². The van der Waals surface area contributed by atoms with Gasteiger partial charge in [0.1, 0.15) is 17.6 Å². The Kier molecular flexibility index (Phi) is 6.73. The maximum atomic E-state index is 13.2. The summed E-state index contributed by atoms with van der Waals surface area (Å²) in [6.45, 7) is 0.180. The van der Waals surface area contributed by atoms with Crippen molar-refractivity contribution in [3.8, 4) is 0 Å². The number of hydrogen-bond donors (Lipinski definition) is 3. The van der Waals surface area contributed by atoms with Crippen LogP contribution in [0.15, 0.2) is 33.9 Å². The van der Waals surface area contributed by atoms with Gasteiger partial charge in [-0.25, -0.2) is 9.48 Å². The van der Waals surface area contributed by atoms with E-state index in [0.717, 1.165) is 4.88 Å². The predicted molar refractivity (Wildman–Crippen MR) is 125 cm³/mol. The Morgan fingerprint density at radius 3 is 2.97 bits per heavy atom. The molecule has 3 N–H and O–H groups in total. The molecular weight excluding hydrogens is 532 g/mol. The summed E-state index contributed by atoms with van der Waals surface area (Å²) >= 11 is 3.96. The number of carbonyl (C=O) groups excluding carboxylic acids is 2. The van der Waals surface area contributed by atoms with Gasteiger partial charge in [-0.3, -0.25) is 14.5 Å². The summed E-state index contributed by atoms with van der Waals surface area (Å²) in [6, 6.07) is 3.65. The number of carbonyl (C=O) groups is 3. The van der Waals surface area contributed by atoms with Crippen molar-refractivity contribution in [3.63, 3.8) is 0 Å². The number of nitrogens with one attached hydrogen (secondary N) is 2. The zero-order chi connectivity index (χ0) is 25.3. The van der Waals surface area contributed by atoms with E-state index in [2.05, 4.69) is 41.5 Å². The number of aromatic amines is 1. The molecule has 5 heterocycles. The molecule has 3 aromatic heterocycles. The molecule has 0 spiro atoms. The van der Waals surface area contributed by atoms with Crippen molar-refractivity contribution in [2.45, 2.75) is 29.2 Å². The number of carboxylic acid groups (broad SMARTS) is 1. The van der Waals surface area contributed by atoms with Gasteiger partial charge in [-0.05, 0) is 27.4 Å². The van der Waals surface area contributed by atoms with Crippen LogP contribution < -0.4 is 5.32 Å². The van der Waals surface area contributed by atoms with E-state index in [1.165, 1.54) is 51.6 Å². The van der Waals surface area contributed by atoms with E-state index < -0.39 is 23.0 Å². The van der Waals surface area contributed by atoms with E-state index >= 15 is 0 Å². The Morgan fingerprint density at radius 2 is 2.28 bits per heavy atom. The zero-order valence-corrected chi connectivity index (χ0v) is 21.0. The van der Waals surface area contributed by atoms with Crippen LogP contribution in [-0.4, -0.2) is 98.3 Å². The van der Waals surface area contributed by atoms with Crippen molar-refractivity contribution in [1.29, 1.82) is 0 Å². The summed E-state index contributed by atoms with van der Waals surface area (Å²) in [6.07, 6.45) is 0.0928. The number of rotatable bonds is 10. The minimum absolute atomic E-state index is 0.0928. The van der Waals surface area contributed by atoms with Crippen molar-refractivity contribution >= 4 is 52.6 Å². The fourth-order valence-electron chi connectivity index (χ4n) is 3.81. The Bertz CT molecular complexity index is 1310. The number of ether oxygens (including phenoxy) is 1. The van der Waals surface area contributed by atoms with Gasteiger partial charge in [-0.2, -0.15) is 5.21 Å². The standard InChI is InChI=1S/C18H18N10O5S3/c1-33-18(19-12(29)5-10-3-2-4-34-10)15(32)28-13(14(30)31)9(7-35-16(18)28)8-36-17-22-25-26-27(17)6-11-20-23-24-21-11/h2-4,16H,5-8H2,1H3,(H,19,29)(H,30,31)(H,20,21,23,24)/t16-,18?/m0/s1. The second-order valence-corrected chi connectivity index (χ2v) is 10.6. The predicted octanol–water partition coefficient (Wildman–Crippen LogP) is -0.656. The molecule has 0 saturated carbocycles. The van der Waals surface area contributed by atoms with Crippen molar-refractivity contribution in [2.75, 3.05) is 18.6 Å². The number of aliphatic carboxylic acids is 1. The number of hydrogen-bond acceptors (Lipinski definition) is 13. The van der Waals surface area contributed by atoms with Gasteiger partial charge in [0.15, 0.2) is 5.82 Å². The first-order valence-electron chi connectivity index (χ1n) is 10.3. The number of thiophene rings is 1. The van der Waals surface area contributed by atoms with Gasteiger partial charge in [-0.1, -0.05) is 23.0 Å². The van der Waals surface area contributed by atoms with Gasteiger partial charge in [0, 0.05) is 23.5 Å². The first-order valence-corrected chi connectivity index (χ1v) is 13.2. The molecule has 2 amide bonds. The summed E-state index contributed by atoms with van der Waals surface area (Å²) in [4.78, 5) is 40.1. The molecule has 0 radical (unpaired) electrons. The first kappa shape index (κ1) is 24.3. The molecule has 15 nitrogen and oxygen atoms in total. The molecule has 3 aromatic rings. The highest BCUT2D eigenvalue weighted by atomic mass is 32.2. The monoisotopic (exact) mass is 550 g/mol. The minimum atomic E-state index is -1.63. The minimum Gasteiger partial charge on any atom is -0.477 e. The molecule has 36 heavy (non-hydrogen) atoms. The number of aromatic nitrogens is 8. The van der Waals surface area contributed by atoms with Crippen LogP contribution >= 0.6 is 34.9 Å². The SMILES string of the molecule is COC1(NC(=O)Cc2cccs2)C(=O)N2C(C(=O)O)=C(CSc3nnnn3Cc3nn[nH]n3)CS[C@H]21. The number of tetrazole rings is 2. The fraction of sp³-hybridized carbons (Fsp3) is 0.389. The summed E-state index contributed by atoms with van der Waals surface area (Å²) in [5.74, 6) is -1.35. The quantitative estimate of drug-likeness (QED) is 0.164. The van der Waals surface area contributed by atoms with Crippen LogP contribution in [0.2, 0.25) is 0 Å². The highest BCUT2D eigenvalue weighted by molar-refractivity contribution is 8.01. The van der Waals surface area contributed by atoms with Gasteiger partial charge in [0.05, 0.1) is 6.42 Å². The Labute approximate surface area is 215 Å². The van der Waals surface area contributed by atoms with Gasteiger partial charge in [0.25, 0.3) is 11.6 Å². The Hall–Kier alpha value is -3.35. The highest BCUT2D eigenvalue weighted by Gasteiger charge is 2.66. The number of nitrogens with zero attached hydrogens (tertiary/aromatic N) is 8. The fourth-order valence-corrected chi connectivity index (χ4v) is 6.97. The van der Waals surface area contributed by atoms with Gasteiger partial charge in [0.2, 0.25) is 11.1 Å². The van der Waals surface area contributed by atoms with Crippen LogP contribution in [0, 0.1) is 0 Å². The second kappa shape index (κ2) is 9.96. The maximum absolute atomic E-state index is 13.2. The summed E-state index contributed by atoms with van der Waals surface area (Å²) in [5, 5.41) is 39.3. The van der Waals surface area contributed by atoms with Gasteiger partial charge in [-0.15, -0.1) is 38.4 Å². The zero-order valence-electron chi connectivity index (χ0n) is 18.5. The molecule has 1 fully saturated rings. The smallest absolute Gasteiger partial charge is 0.352 e. The van der Waals surface area contributed by atoms with Crippen LogP contribution in [0.25, 0.3) is 0 Å². The third-order valence-corrected chi connectivity index (χ3v) is 8.72. The largest absolute Gasteiger partial charge is 0.477 e. The maximum Gasteiger partial charge on any atom is 0.352 e. The van der Waals surface area contributed by atoms with Crippen molar-refractivity contribution in [2.24, 2.45) is 0 Å². The topological polar surface area (TPSA) is 194 Å². The lowest BCUT2D eigenvalue weighted by atomic mass is 9.98. The second-order valence-electron chi connectivity index (χ2n) is 7.58. The summed E-state index contributed by atoms with van der Waals surface area (Å²) in [7, 11) is 1.32. The van der Waals surface area contributed by atoms with Crippen LogP contribution in [0.4, 0.5) is 0 Å². The Morgan fingerprint density at radius 1 is 1.42 bits per heavy atom. The van der Waals surface area contributed by atoms with Crippen LogP contribution in [0.5, 0.6) is 0 Å². The number of amides is 2. The molecule has 18 heteroatoms. The average Bonchev–Trinajstić information content (AvgIpc) is 3.65. The molecule has 5 rings (SSSR count). The molecule has 188 valence electrons. The molecule has 2 atom stereocenters. The number of fused-ring (bicyclic) bond motifs is 1. The number of thioether (sulfide) groups is 2. The molecular formula is C18H18N10O5S3. The van der Waals surface area contributed by atoms with Gasteiger partial charge >= 0.3 is 5.97 Å². The van der Waals surface area contributed by atoms with E-state index in [1.54, 1.807) is 0 Å². The van der Waals surface area contributed by atoms with E-state index in [1.807, 2.05) is 17.5 Å². The van der Waals surface area contributed by atoms with Crippen molar-refractivity contribution < 1.29 is 24.2 Å². The number of H-pyrrole nitrogens is 1. The van der Waals surface area contributed by atoms with Crippen molar-refractivity contribution in [1.82, 2.24) is 51.0 Å². The number of methoxy groups -OCH3 is 1. The molecule has 2 aliphatic heterocycles. The van der Waals surface area contributed by atoms with E-state index in [-0.39, 0.29) is 30.3 Å². The van der Waals surface area contributed by atoms with Gasteiger partial charge < -0.3 is 15.2 Å². The third-order valence-electron chi connectivity index (χ3n) is 5.43. The molecule has 2 aliphatic rings. The lowest BCUT2D eigenvalue weighted by Gasteiger charge is -2.55. The number of carboxylic acids is 1. The molecule has 1 saturated heterocycles. The lowest BCUT2D eigenvalue weighted by Crippen LogP contribution is -2.80. The molecule has 0 aromatic carbocycles. The Balaban J connectivity index is 1.31. The van der Waals surface area contributed by atoms with Crippen LogP contribution in [0.1, 0.15) is 10.7 Å². The normalized spacial score (nSPS) is 21.3. The molecule has 1 unspecified atom stereocenters.